The maximum atomic E-state index is 13.7. The molecule has 0 aliphatic carbocycles. The lowest BCUT2D eigenvalue weighted by molar-refractivity contribution is -0.143. The molecule has 12 heteroatoms. The summed E-state index contributed by atoms with van der Waals surface area (Å²) in [6.07, 6.45) is -4.97. The maximum absolute atomic E-state index is 13.7. The van der Waals surface area contributed by atoms with Crippen molar-refractivity contribution in [2.24, 2.45) is 0 Å². The van der Waals surface area contributed by atoms with Crippen molar-refractivity contribution in [1.29, 1.82) is 0 Å². The van der Waals surface area contributed by atoms with Crippen LogP contribution in [0, 0.1) is 12.7 Å². The molecule has 0 bridgehead atoms. The lowest BCUT2D eigenvalue weighted by Crippen LogP contribution is -2.21. The number of carbonyl (C=O) groups is 2. The highest BCUT2D eigenvalue weighted by Gasteiger charge is 2.42. The topological polar surface area (TPSA) is 95.3 Å². The first-order valence-electron chi connectivity index (χ1n) is 9.00. The van der Waals surface area contributed by atoms with Crippen LogP contribution in [0.25, 0.3) is 5.69 Å². The molecule has 0 unspecified atom stereocenters. The van der Waals surface area contributed by atoms with Crippen molar-refractivity contribution in [1.82, 2.24) is 15.0 Å². The van der Waals surface area contributed by atoms with Gasteiger partial charge in [0.05, 0.1) is 12.8 Å². The average molecular weight is 452 g/mol. The van der Waals surface area contributed by atoms with Gasteiger partial charge >= 0.3 is 12.1 Å². The Bertz CT molecular complexity index is 1140. The van der Waals surface area contributed by atoms with Crippen LogP contribution in [-0.2, 0) is 15.7 Å². The molecule has 3 rings (SSSR count). The van der Waals surface area contributed by atoms with Crippen LogP contribution < -0.4 is 10.1 Å². The summed E-state index contributed by atoms with van der Waals surface area (Å²) in [6, 6.07) is 8.39. The number of anilines is 1. The molecule has 3 aromatic rings. The molecule has 0 aliphatic heterocycles. The molecule has 0 spiro atoms. The molecule has 0 fully saturated rings. The molecule has 0 radical (unpaired) electrons. The van der Waals surface area contributed by atoms with E-state index in [2.05, 4.69) is 20.4 Å². The van der Waals surface area contributed by atoms with E-state index >= 15 is 0 Å². The van der Waals surface area contributed by atoms with Crippen molar-refractivity contribution in [2.45, 2.75) is 13.1 Å². The number of ether oxygens (including phenoxy) is 2. The lowest BCUT2D eigenvalue weighted by atomic mass is 10.2. The number of hydrogen-bond donors (Lipinski definition) is 1. The third-order valence-corrected chi connectivity index (χ3v) is 4.26. The molecular weight excluding hydrogens is 436 g/mol. The summed E-state index contributed by atoms with van der Waals surface area (Å²) in [6.45, 7) is 1.25. The third-order valence-electron chi connectivity index (χ3n) is 4.26. The van der Waals surface area contributed by atoms with Gasteiger partial charge in [-0.15, -0.1) is 5.10 Å². The summed E-state index contributed by atoms with van der Waals surface area (Å²) in [5.41, 5.74) is -1.82. The fourth-order valence-electron chi connectivity index (χ4n) is 2.70. The van der Waals surface area contributed by atoms with E-state index in [-0.39, 0.29) is 18.0 Å². The third kappa shape index (κ3) is 5.02. The van der Waals surface area contributed by atoms with E-state index in [4.69, 9.17) is 4.74 Å². The van der Waals surface area contributed by atoms with Crippen LogP contribution in [0.15, 0.2) is 42.5 Å². The number of alkyl halides is 3. The first kappa shape index (κ1) is 22.7. The number of esters is 1. The van der Waals surface area contributed by atoms with Crippen molar-refractivity contribution in [3.05, 3.63) is 65.2 Å². The van der Waals surface area contributed by atoms with Gasteiger partial charge < -0.3 is 14.8 Å². The van der Waals surface area contributed by atoms with Gasteiger partial charge in [0.15, 0.2) is 18.0 Å². The summed E-state index contributed by atoms with van der Waals surface area (Å²) in [5.74, 6) is -2.08. The van der Waals surface area contributed by atoms with E-state index < -0.39 is 35.3 Å². The zero-order chi connectivity index (χ0) is 23.5. The quantitative estimate of drug-likeness (QED) is 0.454. The molecule has 32 heavy (non-hydrogen) atoms. The first-order valence-corrected chi connectivity index (χ1v) is 9.00. The van der Waals surface area contributed by atoms with Gasteiger partial charge in [0, 0.05) is 5.69 Å². The van der Waals surface area contributed by atoms with Gasteiger partial charge in [0.2, 0.25) is 0 Å². The number of aryl methyl sites for hydroxylation is 1. The summed E-state index contributed by atoms with van der Waals surface area (Å²) >= 11 is 0. The van der Waals surface area contributed by atoms with Crippen LogP contribution in [0.3, 0.4) is 0 Å². The minimum absolute atomic E-state index is 0.117. The van der Waals surface area contributed by atoms with Gasteiger partial charge in [-0.25, -0.2) is 13.9 Å². The second-order valence-corrected chi connectivity index (χ2v) is 6.47. The Morgan fingerprint density at radius 1 is 1.12 bits per heavy atom. The molecule has 8 nitrogen and oxygen atoms in total. The van der Waals surface area contributed by atoms with Gasteiger partial charge in [-0.3, -0.25) is 4.79 Å². The fourth-order valence-corrected chi connectivity index (χ4v) is 2.70. The number of rotatable bonds is 6. The monoisotopic (exact) mass is 452 g/mol. The molecule has 2 aromatic carbocycles. The molecule has 0 saturated heterocycles. The number of halogens is 4. The van der Waals surface area contributed by atoms with E-state index in [9.17, 15) is 27.2 Å². The van der Waals surface area contributed by atoms with Crippen molar-refractivity contribution < 1.29 is 36.6 Å². The average Bonchev–Trinajstić information content (AvgIpc) is 3.20. The van der Waals surface area contributed by atoms with Crippen molar-refractivity contribution >= 4 is 17.6 Å². The van der Waals surface area contributed by atoms with Crippen LogP contribution >= 0.6 is 0 Å². The van der Waals surface area contributed by atoms with E-state index in [1.54, 1.807) is 6.92 Å². The minimum atomic E-state index is -4.97. The normalized spacial score (nSPS) is 11.2. The van der Waals surface area contributed by atoms with Gasteiger partial charge in [-0.1, -0.05) is 5.21 Å². The molecule has 0 aliphatic rings. The van der Waals surface area contributed by atoms with Crippen LogP contribution in [0.4, 0.5) is 23.2 Å². The second kappa shape index (κ2) is 9.04. The van der Waals surface area contributed by atoms with Gasteiger partial charge in [0.1, 0.15) is 11.6 Å². The number of benzene rings is 2. The smallest absolute Gasteiger partial charge is 0.435 e. The highest BCUT2D eigenvalue weighted by Crippen LogP contribution is 2.33. The van der Waals surface area contributed by atoms with Gasteiger partial charge in [0.25, 0.3) is 5.91 Å². The van der Waals surface area contributed by atoms with E-state index in [0.717, 1.165) is 24.3 Å². The van der Waals surface area contributed by atoms with E-state index in [0.29, 0.717) is 16.0 Å². The number of nitrogens with one attached hydrogen (secondary N) is 1. The highest BCUT2D eigenvalue weighted by atomic mass is 19.4. The Balaban J connectivity index is 1.87. The lowest BCUT2D eigenvalue weighted by Gasteiger charge is -2.13. The predicted octanol–water partition coefficient (Wildman–Crippen LogP) is 3.54. The number of amides is 1. The zero-order valence-corrected chi connectivity index (χ0v) is 16.7. The summed E-state index contributed by atoms with van der Waals surface area (Å²) in [7, 11) is 1.21. The summed E-state index contributed by atoms with van der Waals surface area (Å²) in [5, 5.41) is 9.18. The number of nitrogens with zero attached hydrogens (tertiary/aromatic N) is 3. The predicted molar refractivity (Wildman–Crippen MR) is 103 cm³/mol. The Morgan fingerprint density at radius 3 is 2.41 bits per heavy atom. The highest BCUT2D eigenvalue weighted by molar-refractivity contribution is 6.04. The Morgan fingerprint density at radius 2 is 1.81 bits per heavy atom. The van der Waals surface area contributed by atoms with Crippen LogP contribution in [-0.4, -0.2) is 40.6 Å². The number of carbonyl (C=O) groups excluding carboxylic acids is 2. The summed E-state index contributed by atoms with van der Waals surface area (Å²) < 4.78 is 64.3. The Kier molecular flexibility index (Phi) is 6.42. The standard InChI is InChI=1S/C20H16F4N4O4/c1-11-9-14(32-10-16(29)31-2)7-8-15(11)25-19(30)17-18(20(22,23)24)28(27-26-17)13-5-3-12(21)4-6-13/h3-9H,10H2,1-2H3,(H,25,30). The SMILES string of the molecule is COC(=O)COc1ccc(NC(=O)c2nnn(-c3ccc(F)cc3)c2C(F)(F)F)c(C)c1. The molecule has 1 N–H and O–H groups in total. The molecular formula is C20H16F4N4O4. The van der Waals surface area contributed by atoms with Crippen molar-refractivity contribution in [2.75, 3.05) is 19.0 Å². The van der Waals surface area contributed by atoms with Crippen LogP contribution in [0.2, 0.25) is 0 Å². The molecule has 1 heterocycles. The van der Waals surface area contributed by atoms with Gasteiger partial charge in [-0.2, -0.15) is 13.2 Å². The number of aromatic nitrogens is 3. The van der Waals surface area contributed by atoms with Crippen molar-refractivity contribution in [3.63, 3.8) is 0 Å². The maximum Gasteiger partial charge on any atom is 0.435 e. The Hall–Kier alpha value is -3.96. The Labute approximate surface area is 178 Å². The van der Waals surface area contributed by atoms with Crippen LogP contribution in [0.5, 0.6) is 5.75 Å². The summed E-state index contributed by atoms with van der Waals surface area (Å²) in [4.78, 5) is 23.7. The minimum Gasteiger partial charge on any atom is -0.482 e. The molecule has 0 saturated carbocycles. The zero-order valence-electron chi connectivity index (χ0n) is 16.7. The number of hydrogen-bond acceptors (Lipinski definition) is 6. The number of methoxy groups -OCH3 is 1. The molecule has 168 valence electrons. The second-order valence-electron chi connectivity index (χ2n) is 6.47. The molecule has 0 atom stereocenters. The molecule has 1 amide bonds. The van der Waals surface area contributed by atoms with E-state index in [1.807, 2.05) is 0 Å². The molecule has 1 aromatic heterocycles. The van der Waals surface area contributed by atoms with Gasteiger partial charge in [-0.05, 0) is 55.0 Å². The van der Waals surface area contributed by atoms with E-state index in [1.165, 1.54) is 25.3 Å². The fraction of sp³-hybridized carbons (Fsp3) is 0.200. The largest absolute Gasteiger partial charge is 0.482 e. The van der Waals surface area contributed by atoms with Crippen LogP contribution in [0.1, 0.15) is 21.7 Å². The first-order chi connectivity index (χ1) is 15.1. The van der Waals surface area contributed by atoms with Crippen molar-refractivity contribution in [3.8, 4) is 11.4 Å².